The molecule has 4 aromatic rings. The third-order valence-corrected chi connectivity index (χ3v) is 5.15. The van der Waals surface area contributed by atoms with Crippen LogP contribution in [0, 0.1) is 0 Å². The SMILES string of the molecule is O=C(OC(=O)c1c(S)ccc2ccccc12)c1c(S)ccc2ccccc12. The van der Waals surface area contributed by atoms with Crippen molar-refractivity contribution < 1.29 is 14.3 Å². The molecule has 0 bridgehead atoms. The first-order chi connectivity index (χ1) is 13.1. The lowest BCUT2D eigenvalue weighted by Gasteiger charge is -2.11. The number of carbonyl (C=O) groups is 2. The standard InChI is InChI=1S/C22H14O3S2/c23-21(19-15-7-3-1-5-13(15)9-11-17(19)26)25-22(24)20-16-8-4-2-6-14(16)10-12-18(20)27/h1-12,26-27H. The van der Waals surface area contributed by atoms with Crippen LogP contribution in [0.3, 0.4) is 0 Å². The second kappa shape index (κ2) is 7.10. The van der Waals surface area contributed by atoms with E-state index in [9.17, 15) is 9.59 Å². The van der Waals surface area contributed by atoms with Crippen LogP contribution in [-0.2, 0) is 4.74 Å². The molecule has 0 aliphatic rings. The number of hydrogen-bond acceptors (Lipinski definition) is 5. The van der Waals surface area contributed by atoms with Gasteiger partial charge in [0.15, 0.2) is 0 Å². The number of fused-ring (bicyclic) bond motifs is 2. The van der Waals surface area contributed by atoms with Crippen molar-refractivity contribution in [1.82, 2.24) is 0 Å². The van der Waals surface area contributed by atoms with E-state index in [1.807, 2.05) is 48.5 Å². The second-order valence-corrected chi connectivity index (χ2v) is 7.00. The van der Waals surface area contributed by atoms with E-state index in [0.29, 0.717) is 20.6 Å². The molecule has 0 atom stereocenters. The van der Waals surface area contributed by atoms with E-state index < -0.39 is 11.9 Å². The molecule has 0 unspecified atom stereocenters. The van der Waals surface area contributed by atoms with E-state index in [2.05, 4.69) is 25.3 Å². The molecule has 4 rings (SSSR count). The van der Waals surface area contributed by atoms with Crippen molar-refractivity contribution in [2.75, 3.05) is 0 Å². The summed E-state index contributed by atoms with van der Waals surface area (Å²) in [6.07, 6.45) is 0. The summed E-state index contributed by atoms with van der Waals surface area (Å²) in [5, 5.41) is 3.11. The summed E-state index contributed by atoms with van der Waals surface area (Å²) in [7, 11) is 0. The van der Waals surface area contributed by atoms with Crippen LogP contribution in [0.5, 0.6) is 0 Å². The number of thiol groups is 2. The molecule has 0 aliphatic heterocycles. The molecule has 0 N–H and O–H groups in total. The topological polar surface area (TPSA) is 43.4 Å². The maximum Gasteiger partial charge on any atom is 0.347 e. The lowest BCUT2D eigenvalue weighted by molar-refractivity contribution is 0.0396. The van der Waals surface area contributed by atoms with E-state index in [4.69, 9.17) is 4.74 Å². The van der Waals surface area contributed by atoms with Crippen molar-refractivity contribution in [3.8, 4) is 0 Å². The van der Waals surface area contributed by atoms with Gasteiger partial charge in [-0.15, -0.1) is 25.3 Å². The minimum absolute atomic E-state index is 0.269. The van der Waals surface area contributed by atoms with Crippen molar-refractivity contribution >= 4 is 58.7 Å². The van der Waals surface area contributed by atoms with E-state index in [0.717, 1.165) is 10.8 Å². The molecule has 4 aromatic carbocycles. The molecule has 0 heterocycles. The van der Waals surface area contributed by atoms with Gasteiger partial charge in [0.2, 0.25) is 0 Å². The first-order valence-electron chi connectivity index (χ1n) is 8.24. The first-order valence-corrected chi connectivity index (χ1v) is 9.13. The van der Waals surface area contributed by atoms with Crippen molar-refractivity contribution in [2.24, 2.45) is 0 Å². The quantitative estimate of drug-likeness (QED) is 0.267. The van der Waals surface area contributed by atoms with Crippen molar-refractivity contribution in [3.05, 3.63) is 83.9 Å². The molecule has 0 saturated heterocycles. The van der Waals surface area contributed by atoms with Crippen LogP contribution >= 0.6 is 25.3 Å². The molecule has 0 aromatic heterocycles. The molecule has 0 saturated carbocycles. The number of esters is 2. The Kier molecular flexibility index (Phi) is 4.64. The van der Waals surface area contributed by atoms with Gasteiger partial charge in [-0.3, -0.25) is 0 Å². The number of hydrogen-bond donors (Lipinski definition) is 2. The van der Waals surface area contributed by atoms with E-state index in [-0.39, 0.29) is 11.1 Å². The average molecular weight is 390 g/mol. The summed E-state index contributed by atoms with van der Waals surface area (Å²) < 4.78 is 5.22. The van der Waals surface area contributed by atoms with Crippen LogP contribution in [0.4, 0.5) is 0 Å². The van der Waals surface area contributed by atoms with Crippen molar-refractivity contribution in [1.29, 1.82) is 0 Å². The monoisotopic (exact) mass is 390 g/mol. The first kappa shape index (κ1) is 17.6. The number of rotatable bonds is 2. The Hall–Kier alpha value is -2.76. The molecule has 5 heteroatoms. The van der Waals surface area contributed by atoms with Gasteiger partial charge in [-0.2, -0.15) is 0 Å². The Morgan fingerprint density at radius 2 is 1.00 bits per heavy atom. The van der Waals surface area contributed by atoms with Crippen LogP contribution in [0.15, 0.2) is 82.6 Å². The van der Waals surface area contributed by atoms with Crippen molar-refractivity contribution in [2.45, 2.75) is 9.79 Å². The second-order valence-electron chi connectivity index (χ2n) is 6.04. The van der Waals surface area contributed by atoms with Crippen LogP contribution < -0.4 is 0 Å². The zero-order valence-corrected chi connectivity index (χ0v) is 15.8. The number of benzene rings is 4. The maximum atomic E-state index is 12.8. The van der Waals surface area contributed by atoms with Crippen molar-refractivity contribution in [3.63, 3.8) is 0 Å². The van der Waals surface area contributed by atoms with Crippen LogP contribution in [0.1, 0.15) is 20.7 Å². The predicted octanol–water partition coefficient (Wildman–Crippen LogP) is 5.57. The van der Waals surface area contributed by atoms with Gasteiger partial charge in [0.1, 0.15) is 0 Å². The number of ether oxygens (including phenoxy) is 1. The van der Waals surface area contributed by atoms with Gasteiger partial charge in [-0.05, 0) is 33.7 Å². The van der Waals surface area contributed by atoms with Gasteiger partial charge in [0, 0.05) is 9.79 Å². The van der Waals surface area contributed by atoms with E-state index in [1.54, 1.807) is 24.3 Å². The Morgan fingerprint density at radius 1 is 0.593 bits per heavy atom. The molecule has 0 radical (unpaired) electrons. The van der Waals surface area contributed by atoms with Gasteiger partial charge >= 0.3 is 11.9 Å². The zero-order valence-electron chi connectivity index (χ0n) is 14.0. The molecule has 0 amide bonds. The van der Waals surface area contributed by atoms with E-state index >= 15 is 0 Å². The number of carbonyl (C=O) groups excluding carboxylic acids is 2. The minimum atomic E-state index is -0.734. The maximum absolute atomic E-state index is 12.8. The van der Waals surface area contributed by atoms with E-state index in [1.165, 1.54) is 0 Å². The molecule has 0 fully saturated rings. The van der Waals surface area contributed by atoms with Crippen LogP contribution in [-0.4, -0.2) is 11.9 Å². The predicted molar refractivity (Wildman–Crippen MR) is 112 cm³/mol. The van der Waals surface area contributed by atoms with Crippen LogP contribution in [0.25, 0.3) is 21.5 Å². The molecular weight excluding hydrogens is 376 g/mol. The third kappa shape index (κ3) is 3.20. The highest BCUT2D eigenvalue weighted by Gasteiger charge is 2.22. The fraction of sp³-hybridized carbons (Fsp3) is 0. The molecule has 0 spiro atoms. The molecular formula is C22H14O3S2. The molecule has 0 aliphatic carbocycles. The Balaban J connectivity index is 1.76. The summed E-state index contributed by atoms with van der Waals surface area (Å²) >= 11 is 8.75. The fourth-order valence-corrected chi connectivity index (χ4v) is 3.71. The normalized spacial score (nSPS) is 10.9. The van der Waals surface area contributed by atoms with Gasteiger partial charge in [0.25, 0.3) is 0 Å². The molecule has 3 nitrogen and oxygen atoms in total. The molecule has 27 heavy (non-hydrogen) atoms. The summed E-state index contributed by atoms with van der Waals surface area (Å²) in [5.41, 5.74) is 0.538. The largest absolute Gasteiger partial charge is 0.386 e. The highest BCUT2D eigenvalue weighted by atomic mass is 32.1. The highest BCUT2D eigenvalue weighted by Crippen LogP contribution is 2.28. The smallest absolute Gasteiger partial charge is 0.347 e. The third-order valence-electron chi connectivity index (χ3n) is 4.41. The lowest BCUT2D eigenvalue weighted by Crippen LogP contribution is -2.15. The minimum Gasteiger partial charge on any atom is -0.386 e. The summed E-state index contributed by atoms with van der Waals surface area (Å²) in [4.78, 5) is 26.5. The van der Waals surface area contributed by atoms with Crippen LogP contribution in [0.2, 0.25) is 0 Å². The zero-order chi connectivity index (χ0) is 19.0. The lowest BCUT2D eigenvalue weighted by atomic mass is 10.0. The Bertz CT molecular complexity index is 1120. The fourth-order valence-electron chi connectivity index (χ4n) is 3.14. The summed E-state index contributed by atoms with van der Waals surface area (Å²) in [6, 6.07) is 22.0. The summed E-state index contributed by atoms with van der Waals surface area (Å²) in [6.45, 7) is 0. The van der Waals surface area contributed by atoms with Gasteiger partial charge in [0.05, 0.1) is 11.1 Å². The van der Waals surface area contributed by atoms with Gasteiger partial charge in [-0.25, -0.2) is 9.59 Å². The Labute approximate surface area is 166 Å². The molecule has 132 valence electrons. The van der Waals surface area contributed by atoms with Gasteiger partial charge in [-0.1, -0.05) is 60.7 Å². The van der Waals surface area contributed by atoms with Gasteiger partial charge < -0.3 is 4.74 Å². The summed E-state index contributed by atoms with van der Waals surface area (Å²) in [5.74, 6) is -1.47. The Morgan fingerprint density at radius 3 is 1.44 bits per heavy atom. The highest BCUT2D eigenvalue weighted by molar-refractivity contribution is 7.80. The average Bonchev–Trinajstić information content (AvgIpc) is 2.67.